The van der Waals surface area contributed by atoms with Crippen LogP contribution in [0.2, 0.25) is 0 Å². The number of carbonyl (C=O) groups is 1. The fraction of sp³-hybridized carbons (Fsp3) is 0.318. The average molecular weight is 514 g/mol. The number of pyridine rings is 2. The number of rotatable bonds is 5. The molecule has 0 N–H and O–H groups in total. The van der Waals surface area contributed by atoms with Crippen molar-refractivity contribution in [2.45, 2.75) is 25.6 Å². The Morgan fingerprint density at radius 3 is 2.25 bits per heavy atom. The lowest BCUT2D eigenvalue weighted by atomic mass is 10.0. The van der Waals surface area contributed by atoms with E-state index >= 15 is 0 Å². The van der Waals surface area contributed by atoms with Crippen molar-refractivity contribution in [1.82, 2.24) is 19.9 Å². The minimum absolute atomic E-state index is 0.0106. The van der Waals surface area contributed by atoms with Crippen LogP contribution in [0, 0.1) is 0 Å². The summed E-state index contributed by atoms with van der Waals surface area (Å²) in [6.07, 6.45) is -8.90. The van der Waals surface area contributed by atoms with Crippen LogP contribution in [-0.2, 0) is 26.6 Å². The summed E-state index contributed by atoms with van der Waals surface area (Å²) in [5, 5.41) is 0. The van der Waals surface area contributed by atoms with Gasteiger partial charge in [0.25, 0.3) is 0 Å². The van der Waals surface area contributed by atoms with Crippen molar-refractivity contribution in [3.63, 3.8) is 0 Å². The fourth-order valence-corrected chi connectivity index (χ4v) is 3.35. The fourth-order valence-electron chi connectivity index (χ4n) is 3.35. The maximum absolute atomic E-state index is 13.2. The third kappa shape index (κ3) is 5.28. The number of esters is 1. The number of alkyl halides is 6. The molecule has 0 saturated carbocycles. The summed E-state index contributed by atoms with van der Waals surface area (Å²) in [6.45, 7) is 1.74. The largest absolute Gasteiger partial charge is 0.461 e. The second-order valence-electron chi connectivity index (χ2n) is 7.31. The molecule has 0 unspecified atom stereocenters. The van der Waals surface area contributed by atoms with Crippen LogP contribution in [0.1, 0.15) is 40.7 Å². The van der Waals surface area contributed by atoms with Crippen LogP contribution >= 0.6 is 0 Å². The summed E-state index contributed by atoms with van der Waals surface area (Å²) < 4.78 is 94.8. The van der Waals surface area contributed by atoms with Gasteiger partial charge in [-0.2, -0.15) is 26.3 Å². The minimum atomic E-state index is -4.77. The molecule has 0 bridgehead atoms. The molecule has 0 spiro atoms. The average Bonchev–Trinajstić information content (AvgIpc) is 3.37. The zero-order valence-corrected chi connectivity index (χ0v) is 18.4. The molecule has 1 saturated heterocycles. The lowest BCUT2D eigenvalue weighted by Crippen LogP contribution is -2.17. The molecule has 0 aliphatic carbocycles. The van der Waals surface area contributed by atoms with E-state index in [1.54, 1.807) is 0 Å². The van der Waals surface area contributed by atoms with Crippen molar-refractivity contribution in [2.24, 2.45) is 0 Å². The van der Waals surface area contributed by atoms with E-state index in [4.69, 9.17) is 14.2 Å². The zero-order chi connectivity index (χ0) is 26.1. The van der Waals surface area contributed by atoms with Crippen molar-refractivity contribution in [3.05, 3.63) is 59.3 Å². The highest BCUT2D eigenvalue weighted by molar-refractivity contribution is 5.92. The number of carbonyl (C=O) groups excluding carboxylic acids is 1. The summed E-state index contributed by atoms with van der Waals surface area (Å²) in [7, 11) is 0. The topological polar surface area (TPSA) is 96.3 Å². The molecule has 1 fully saturated rings. The minimum Gasteiger partial charge on any atom is -0.461 e. The first kappa shape index (κ1) is 25.4. The van der Waals surface area contributed by atoms with E-state index in [9.17, 15) is 31.1 Å². The Labute approximate surface area is 199 Å². The van der Waals surface area contributed by atoms with E-state index in [0.29, 0.717) is 12.1 Å². The SMILES string of the molecule is CCOC(=O)c1nc(-c2ccnc(C(F)(F)F)c2)nc(-c2ccc(C(F)(F)F)nc2)c1C1OCCO1. The predicted molar refractivity (Wildman–Crippen MR) is 109 cm³/mol. The highest BCUT2D eigenvalue weighted by atomic mass is 19.4. The highest BCUT2D eigenvalue weighted by Crippen LogP contribution is 2.37. The van der Waals surface area contributed by atoms with Crippen LogP contribution in [0.25, 0.3) is 22.6 Å². The normalized spacial score (nSPS) is 14.8. The van der Waals surface area contributed by atoms with Gasteiger partial charge in [-0.3, -0.25) is 9.97 Å². The van der Waals surface area contributed by atoms with E-state index < -0.39 is 36.0 Å². The van der Waals surface area contributed by atoms with Gasteiger partial charge in [0, 0.05) is 23.5 Å². The highest BCUT2D eigenvalue weighted by Gasteiger charge is 2.35. The van der Waals surface area contributed by atoms with Gasteiger partial charge in [-0.05, 0) is 31.2 Å². The zero-order valence-electron chi connectivity index (χ0n) is 18.4. The van der Waals surface area contributed by atoms with Gasteiger partial charge in [0.15, 0.2) is 17.8 Å². The maximum Gasteiger partial charge on any atom is 0.433 e. The number of hydrogen-bond acceptors (Lipinski definition) is 8. The Morgan fingerprint density at radius 2 is 1.67 bits per heavy atom. The van der Waals surface area contributed by atoms with E-state index in [1.165, 1.54) is 13.0 Å². The third-order valence-electron chi connectivity index (χ3n) is 4.91. The van der Waals surface area contributed by atoms with Crippen molar-refractivity contribution < 1.29 is 45.3 Å². The van der Waals surface area contributed by atoms with Gasteiger partial charge in [0.05, 0.1) is 31.1 Å². The van der Waals surface area contributed by atoms with E-state index in [-0.39, 0.29) is 53.7 Å². The van der Waals surface area contributed by atoms with Crippen LogP contribution in [0.5, 0.6) is 0 Å². The smallest absolute Gasteiger partial charge is 0.433 e. The molecule has 0 aromatic carbocycles. The standard InChI is InChI=1S/C22H16F6N4O4/c1-2-34-19(33)17-15(20-35-7-8-36-20)16(12-3-4-13(30-10-12)21(23,24)25)31-18(32-17)11-5-6-29-14(9-11)22(26,27)28/h3-6,9-10,20H,2,7-8H2,1H3. The van der Waals surface area contributed by atoms with Gasteiger partial charge in [-0.25, -0.2) is 14.8 Å². The second-order valence-corrected chi connectivity index (χ2v) is 7.31. The number of ether oxygens (including phenoxy) is 3. The van der Waals surface area contributed by atoms with Crippen molar-refractivity contribution in [2.75, 3.05) is 19.8 Å². The van der Waals surface area contributed by atoms with Crippen LogP contribution in [0.15, 0.2) is 36.7 Å². The molecule has 3 aromatic rings. The van der Waals surface area contributed by atoms with Gasteiger partial charge in [-0.1, -0.05) is 0 Å². The molecule has 14 heteroatoms. The third-order valence-corrected chi connectivity index (χ3v) is 4.91. The second kappa shape index (κ2) is 9.78. The van der Waals surface area contributed by atoms with Crippen LogP contribution < -0.4 is 0 Å². The Balaban J connectivity index is 1.96. The van der Waals surface area contributed by atoms with E-state index in [2.05, 4.69) is 19.9 Å². The summed E-state index contributed by atoms with van der Waals surface area (Å²) in [4.78, 5) is 27.9. The molecule has 8 nitrogen and oxygen atoms in total. The molecule has 36 heavy (non-hydrogen) atoms. The molecular weight excluding hydrogens is 498 g/mol. The van der Waals surface area contributed by atoms with Gasteiger partial charge in [-0.15, -0.1) is 0 Å². The number of hydrogen-bond donors (Lipinski definition) is 0. The first-order valence-electron chi connectivity index (χ1n) is 10.4. The van der Waals surface area contributed by atoms with Crippen molar-refractivity contribution >= 4 is 5.97 Å². The first-order valence-corrected chi connectivity index (χ1v) is 10.4. The molecular formula is C22H16F6N4O4. The van der Waals surface area contributed by atoms with Crippen LogP contribution in [-0.4, -0.2) is 45.7 Å². The molecule has 1 aliphatic rings. The molecule has 0 radical (unpaired) electrons. The Hall–Kier alpha value is -3.65. The van der Waals surface area contributed by atoms with E-state index in [1.807, 2.05) is 0 Å². The van der Waals surface area contributed by atoms with Gasteiger partial charge < -0.3 is 14.2 Å². The van der Waals surface area contributed by atoms with Gasteiger partial charge in [0.1, 0.15) is 11.4 Å². The number of halogens is 6. The number of nitrogens with zero attached hydrogens (tertiary/aromatic N) is 4. The summed E-state index contributed by atoms with van der Waals surface area (Å²) in [5.41, 5.74) is -3.10. The van der Waals surface area contributed by atoms with Crippen molar-refractivity contribution in [3.8, 4) is 22.6 Å². The van der Waals surface area contributed by atoms with Crippen LogP contribution in [0.4, 0.5) is 26.3 Å². The summed E-state index contributed by atoms with van der Waals surface area (Å²) in [6, 6.07) is 3.64. The van der Waals surface area contributed by atoms with Gasteiger partial charge in [0.2, 0.25) is 0 Å². The molecule has 190 valence electrons. The Kier molecular flexibility index (Phi) is 6.91. The molecule has 4 heterocycles. The molecule has 4 rings (SSSR count). The molecule has 3 aromatic heterocycles. The van der Waals surface area contributed by atoms with Gasteiger partial charge >= 0.3 is 18.3 Å². The lowest BCUT2D eigenvalue weighted by Gasteiger charge is -2.19. The Bertz CT molecular complexity index is 1260. The Morgan fingerprint density at radius 1 is 0.972 bits per heavy atom. The quantitative estimate of drug-likeness (QED) is 0.352. The van der Waals surface area contributed by atoms with E-state index in [0.717, 1.165) is 18.5 Å². The first-order chi connectivity index (χ1) is 17.0. The molecule has 0 atom stereocenters. The summed E-state index contributed by atoms with van der Waals surface area (Å²) >= 11 is 0. The predicted octanol–water partition coefficient (Wildman–Crippen LogP) is 4.86. The lowest BCUT2D eigenvalue weighted by molar-refractivity contribution is -0.141. The van der Waals surface area contributed by atoms with Crippen molar-refractivity contribution in [1.29, 1.82) is 0 Å². The molecule has 0 amide bonds. The maximum atomic E-state index is 13.2. The molecule has 1 aliphatic heterocycles. The monoisotopic (exact) mass is 514 g/mol. The summed E-state index contributed by atoms with van der Waals surface area (Å²) in [5.74, 6) is -1.29. The number of aromatic nitrogens is 4. The van der Waals surface area contributed by atoms with Crippen LogP contribution in [0.3, 0.4) is 0 Å².